The van der Waals surface area contributed by atoms with Gasteiger partial charge in [0.25, 0.3) is 0 Å². The molecule has 4 aromatic rings. The van der Waals surface area contributed by atoms with Gasteiger partial charge in [-0.1, -0.05) is 60.7 Å². The van der Waals surface area contributed by atoms with Crippen LogP contribution >= 0.6 is 0 Å². The zero-order chi connectivity index (χ0) is 21.9. The summed E-state index contributed by atoms with van der Waals surface area (Å²) in [7, 11) is 1.63. The molecule has 0 spiro atoms. The fraction of sp³-hybridized carbons (Fsp3) is 0.148. The number of ether oxygens (including phenoxy) is 1. The second kappa shape index (κ2) is 8.63. The second-order valence-electron chi connectivity index (χ2n) is 7.78. The number of amides is 2. The summed E-state index contributed by atoms with van der Waals surface area (Å²) in [5, 5.41) is 0. The Balaban J connectivity index is 1.64. The fourth-order valence-electron chi connectivity index (χ4n) is 4.40. The van der Waals surface area contributed by atoms with Gasteiger partial charge in [-0.2, -0.15) is 0 Å². The molecule has 0 radical (unpaired) electrons. The molecule has 0 aliphatic carbocycles. The van der Waals surface area contributed by atoms with E-state index in [-0.39, 0.29) is 18.1 Å². The van der Waals surface area contributed by atoms with Crippen molar-refractivity contribution in [2.75, 3.05) is 12.0 Å². The summed E-state index contributed by atoms with van der Waals surface area (Å²) in [6, 6.07) is 31.0. The minimum atomic E-state index is -0.308. The number of rotatable bonds is 6. The van der Waals surface area contributed by atoms with Crippen LogP contribution in [0.2, 0.25) is 0 Å². The van der Waals surface area contributed by atoms with Gasteiger partial charge in [0.15, 0.2) is 0 Å². The Morgan fingerprint density at radius 3 is 2.12 bits per heavy atom. The molecular weight excluding hydrogens is 400 g/mol. The molecule has 5 rings (SSSR count). The summed E-state index contributed by atoms with van der Waals surface area (Å²) >= 11 is 0. The quantitative estimate of drug-likeness (QED) is 0.369. The van der Waals surface area contributed by atoms with Gasteiger partial charge in [0.05, 0.1) is 19.4 Å². The van der Waals surface area contributed by atoms with Gasteiger partial charge in [-0.3, -0.25) is 4.90 Å². The summed E-state index contributed by atoms with van der Waals surface area (Å²) in [6.45, 7) is 0.503. The Bertz CT molecular complexity index is 1160. The number of benzene rings is 3. The molecule has 0 saturated carbocycles. The predicted molar refractivity (Wildman–Crippen MR) is 123 cm³/mol. The Morgan fingerprint density at radius 2 is 1.50 bits per heavy atom. The maximum absolute atomic E-state index is 13.9. The van der Waals surface area contributed by atoms with Crippen molar-refractivity contribution in [2.45, 2.75) is 18.6 Å². The first-order valence-electron chi connectivity index (χ1n) is 10.6. The number of carbonyl (C=O) groups excluding carboxylic acids is 1. The van der Waals surface area contributed by atoms with E-state index in [2.05, 4.69) is 12.1 Å². The van der Waals surface area contributed by atoms with Crippen molar-refractivity contribution in [1.29, 1.82) is 0 Å². The summed E-state index contributed by atoms with van der Waals surface area (Å²) < 4.78 is 11.2. The summed E-state index contributed by atoms with van der Waals surface area (Å²) in [6.07, 6.45) is 1.66. The normalized spacial score (nSPS) is 18.2. The molecule has 0 bridgehead atoms. The topological polar surface area (TPSA) is 45.9 Å². The minimum Gasteiger partial charge on any atom is -0.497 e. The molecule has 1 aliphatic heterocycles. The molecule has 32 heavy (non-hydrogen) atoms. The van der Waals surface area contributed by atoms with Gasteiger partial charge in [-0.15, -0.1) is 0 Å². The van der Waals surface area contributed by atoms with E-state index in [0.717, 1.165) is 28.3 Å². The van der Waals surface area contributed by atoms with Crippen LogP contribution in [0.25, 0.3) is 0 Å². The molecule has 5 nitrogen and oxygen atoms in total. The van der Waals surface area contributed by atoms with Gasteiger partial charge in [0.1, 0.15) is 17.6 Å². The largest absolute Gasteiger partial charge is 0.497 e. The number of methoxy groups -OCH3 is 1. The van der Waals surface area contributed by atoms with E-state index in [1.165, 1.54) is 0 Å². The Kier molecular flexibility index (Phi) is 5.38. The minimum absolute atomic E-state index is 0.0609. The Labute approximate surface area is 187 Å². The summed E-state index contributed by atoms with van der Waals surface area (Å²) in [4.78, 5) is 17.7. The molecule has 5 heteroatoms. The Morgan fingerprint density at radius 1 is 0.812 bits per heavy atom. The second-order valence-corrected chi connectivity index (χ2v) is 7.78. The van der Waals surface area contributed by atoms with Crippen molar-refractivity contribution >= 4 is 11.7 Å². The van der Waals surface area contributed by atoms with E-state index in [1.807, 2.05) is 94.7 Å². The number of carbonyl (C=O) groups is 1. The smallest absolute Gasteiger partial charge is 0.326 e. The number of urea groups is 1. The lowest BCUT2D eigenvalue weighted by Crippen LogP contribution is -2.32. The molecule has 2 heterocycles. The highest BCUT2D eigenvalue weighted by Crippen LogP contribution is 2.48. The molecule has 2 atom stereocenters. The van der Waals surface area contributed by atoms with Crippen LogP contribution in [-0.4, -0.2) is 18.0 Å². The number of hydrogen-bond acceptors (Lipinski definition) is 3. The monoisotopic (exact) mass is 424 g/mol. The third-order valence-electron chi connectivity index (χ3n) is 5.89. The van der Waals surface area contributed by atoms with Crippen molar-refractivity contribution in [3.8, 4) is 5.75 Å². The molecule has 1 aromatic heterocycles. The van der Waals surface area contributed by atoms with E-state index in [4.69, 9.17) is 9.15 Å². The first kappa shape index (κ1) is 19.9. The van der Waals surface area contributed by atoms with Crippen LogP contribution in [0.4, 0.5) is 10.5 Å². The Hall–Kier alpha value is -3.99. The van der Waals surface area contributed by atoms with Gasteiger partial charge in [0.2, 0.25) is 0 Å². The van der Waals surface area contributed by atoms with Gasteiger partial charge in [0, 0.05) is 12.2 Å². The van der Waals surface area contributed by atoms with E-state index >= 15 is 0 Å². The standard InChI is InChI=1S/C27H24N2O3/c1-31-23-16-14-22(15-17-23)29-26(24-13-8-18-32-24)25(21-11-6-3-7-12-21)28(27(29)30)19-20-9-4-2-5-10-20/h2-18,25-26H,19H2,1H3/t25-,26-/m0/s1. The van der Waals surface area contributed by atoms with E-state index in [9.17, 15) is 4.79 Å². The van der Waals surface area contributed by atoms with Crippen LogP contribution in [0.1, 0.15) is 29.0 Å². The lowest BCUT2D eigenvalue weighted by atomic mass is 9.96. The van der Waals surface area contributed by atoms with E-state index < -0.39 is 0 Å². The van der Waals surface area contributed by atoms with Crippen LogP contribution in [0.5, 0.6) is 5.75 Å². The molecule has 2 amide bonds. The highest BCUT2D eigenvalue weighted by atomic mass is 16.5. The van der Waals surface area contributed by atoms with E-state index in [1.54, 1.807) is 13.4 Å². The van der Waals surface area contributed by atoms with Crippen molar-refractivity contribution in [3.63, 3.8) is 0 Å². The fourth-order valence-corrected chi connectivity index (χ4v) is 4.40. The molecule has 0 unspecified atom stereocenters. The zero-order valence-electron chi connectivity index (χ0n) is 17.8. The number of hydrogen-bond donors (Lipinski definition) is 0. The average molecular weight is 425 g/mol. The molecule has 0 N–H and O–H groups in total. The van der Waals surface area contributed by atoms with Gasteiger partial charge < -0.3 is 14.1 Å². The summed E-state index contributed by atoms with van der Waals surface area (Å²) in [5.74, 6) is 1.49. The highest BCUT2D eigenvalue weighted by molar-refractivity contribution is 5.96. The molecule has 3 aromatic carbocycles. The third-order valence-corrected chi connectivity index (χ3v) is 5.89. The lowest BCUT2D eigenvalue weighted by Gasteiger charge is -2.27. The zero-order valence-corrected chi connectivity index (χ0v) is 17.8. The molecule has 1 fully saturated rings. The average Bonchev–Trinajstić information content (AvgIpc) is 3.47. The maximum atomic E-state index is 13.9. The molecule has 1 aliphatic rings. The highest BCUT2D eigenvalue weighted by Gasteiger charge is 2.49. The van der Waals surface area contributed by atoms with Crippen molar-refractivity contribution < 1.29 is 13.9 Å². The molecule has 1 saturated heterocycles. The molecule has 160 valence electrons. The van der Waals surface area contributed by atoms with E-state index in [0.29, 0.717) is 6.54 Å². The van der Waals surface area contributed by atoms with Crippen LogP contribution < -0.4 is 9.64 Å². The molecular formula is C27H24N2O3. The number of nitrogens with zero attached hydrogens (tertiary/aromatic N) is 2. The van der Waals surface area contributed by atoms with Crippen molar-refractivity contribution in [2.24, 2.45) is 0 Å². The van der Waals surface area contributed by atoms with Gasteiger partial charge in [-0.05, 0) is 47.5 Å². The lowest BCUT2D eigenvalue weighted by molar-refractivity contribution is 0.198. The van der Waals surface area contributed by atoms with Gasteiger partial charge in [-0.25, -0.2) is 4.79 Å². The van der Waals surface area contributed by atoms with Crippen LogP contribution in [0.15, 0.2) is 108 Å². The SMILES string of the molecule is COc1ccc(N2C(=O)N(Cc3ccccc3)[C@@H](c3ccccc3)[C@@H]2c2ccco2)cc1. The summed E-state index contributed by atoms with van der Waals surface area (Å²) in [5.41, 5.74) is 2.94. The van der Waals surface area contributed by atoms with Crippen LogP contribution in [-0.2, 0) is 6.54 Å². The van der Waals surface area contributed by atoms with Gasteiger partial charge >= 0.3 is 6.03 Å². The van der Waals surface area contributed by atoms with Crippen LogP contribution in [0.3, 0.4) is 0 Å². The maximum Gasteiger partial charge on any atom is 0.326 e. The van der Waals surface area contributed by atoms with Crippen LogP contribution in [0, 0.1) is 0 Å². The predicted octanol–water partition coefficient (Wildman–Crippen LogP) is 6.21. The van der Waals surface area contributed by atoms with Crippen molar-refractivity contribution in [1.82, 2.24) is 4.90 Å². The first-order valence-corrected chi connectivity index (χ1v) is 10.6. The first-order chi connectivity index (χ1) is 15.8. The number of anilines is 1. The number of furan rings is 1. The van der Waals surface area contributed by atoms with Crippen molar-refractivity contribution in [3.05, 3.63) is 120 Å². The third kappa shape index (κ3) is 3.62.